The van der Waals surface area contributed by atoms with E-state index in [1.165, 1.54) is 21.5 Å². The zero-order valence-corrected chi connectivity index (χ0v) is 25.9. The molecule has 0 aliphatic carbocycles. The number of nitrogens with zero attached hydrogens (tertiary/aromatic N) is 7. The maximum atomic E-state index is 14.2. The van der Waals surface area contributed by atoms with Crippen LogP contribution in [0, 0.1) is 24.0 Å². The number of rotatable bonds is 6. The molecule has 1 fully saturated rings. The van der Waals surface area contributed by atoms with E-state index in [0.717, 1.165) is 28.8 Å². The molecule has 0 bridgehead atoms. The first-order valence-corrected chi connectivity index (χ1v) is 14.8. The van der Waals surface area contributed by atoms with E-state index in [-0.39, 0.29) is 38.4 Å². The van der Waals surface area contributed by atoms with E-state index in [1.807, 2.05) is 12.1 Å². The van der Waals surface area contributed by atoms with Crippen LogP contribution in [0.25, 0.3) is 17.5 Å². The fourth-order valence-corrected chi connectivity index (χ4v) is 6.21. The zero-order chi connectivity index (χ0) is 32.9. The molecule has 0 unspecified atom stereocenters. The van der Waals surface area contributed by atoms with Crippen molar-refractivity contribution < 1.29 is 14.8 Å². The number of amidine groups is 1. The standard InChI is InChI=1S/C32H27N7O6S/c1-19-27(30(42)37(34(19)3)22-11-7-5-8-12-22)33-32-36(28-20(2)35(4)38(31(28)43)23-13-9-6-10-14-23)29(41)26(46-32)18-21-17-24(39(44)45)15-16-25(21)40/h5-18,40H,1-4H3/b26-18+,33-32?. The Kier molecular flexibility index (Phi) is 7.57. The van der Waals surface area contributed by atoms with Gasteiger partial charge in [0.1, 0.15) is 11.4 Å². The first-order valence-electron chi connectivity index (χ1n) is 14.0. The largest absolute Gasteiger partial charge is 0.507 e. The van der Waals surface area contributed by atoms with Crippen molar-refractivity contribution in [1.82, 2.24) is 18.7 Å². The minimum Gasteiger partial charge on any atom is -0.507 e. The summed E-state index contributed by atoms with van der Waals surface area (Å²) in [4.78, 5) is 58.6. The summed E-state index contributed by atoms with van der Waals surface area (Å²) in [5.41, 5.74) is 1.03. The summed E-state index contributed by atoms with van der Waals surface area (Å²) in [5, 5.41) is 21.9. The number of hydrogen-bond acceptors (Lipinski definition) is 8. The number of phenolic OH excluding ortho intramolecular Hbond substituents is 1. The van der Waals surface area contributed by atoms with Crippen LogP contribution in [0.1, 0.15) is 17.0 Å². The van der Waals surface area contributed by atoms with Crippen molar-refractivity contribution in [2.75, 3.05) is 4.90 Å². The minimum absolute atomic E-state index is 0.0197. The fourth-order valence-electron chi connectivity index (χ4n) is 5.25. The predicted octanol–water partition coefficient (Wildman–Crippen LogP) is 4.70. The van der Waals surface area contributed by atoms with Crippen LogP contribution >= 0.6 is 11.8 Å². The number of amides is 1. The normalized spacial score (nSPS) is 15.0. The van der Waals surface area contributed by atoms with Gasteiger partial charge in [-0.25, -0.2) is 19.3 Å². The average molecular weight is 638 g/mol. The van der Waals surface area contributed by atoms with Gasteiger partial charge in [-0.05, 0) is 62.0 Å². The van der Waals surface area contributed by atoms with E-state index in [9.17, 15) is 29.6 Å². The van der Waals surface area contributed by atoms with Crippen molar-refractivity contribution in [3.8, 4) is 17.1 Å². The molecule has 13 nitrogen and oxygen atoms in total. The van der Waals surface area contributed by atoms with Crippen molar-refractivity contribution >= 4 is 46.0 Å². The first kappa shape index (κ1) is 30.1. The van der Waals surface area contributed by atoms with Crippen LogP contribution in [0.5, 0.6) is 5.75 Å². The van der Waals surface area contributed by atoms with Gasteiger partial charge in [-0.1, -0.05) is 36.4 Å². The molecule has 46 heavy (non-hydrogen) atoms. The summed E-state index contributed by atoms with van der Waals surface area (Å²) in [6, 6.07) is 21.4. The monoisotopic (exact) mass is 637 g/mol. The van der Waals surface area contributed by atoms with E-state index in [2.05, 4.69) is 4.99 Å². The molecule has 14 heteroatoms. The van der Waals surface area contributed by atoms with Crippen LogP contribution < -0.4 is 16.0 Å². The topological polar surface area (TPSA) is 150 Å². The number of aliphatic imine (C=N–C) groups is 1. The maximum absolute atomic E-state index is 14.2. The number of nitro groups is 1. The van der Waals surface area contributed by atoms with Gasteiger partial charge < -0.3 is 5.11 Å². The highest BCUT2D eigenvalue weighted by molar-refractivity contribution is 8.19. The number of hydrogen-bond donors (Lipinski definition) is 1. The van der Waals surface area contributed by atoms with E-state index in [1.54, 1.807) is 85.8 Å². The Bertz CT molecular complexity index is 2230. The number of anilines is 1. The number of phenols is 1. The second-order valence-corrected chi connectivity index (χ2v) is 11.5. The summed E-state index contributed by atoms with van der Waals surface area (Å²) in [7, 11) is 3.41. The SMILES string of the molecule is Cc1c(N=C2S/C(=C/c3cc([N+](=O)[O-])ccc3O)C(=O)N2c2c(C)n(C)n(-c3ccccc3)c2=O)c(=O)n(-c2ccccc2)n1C. The molecule has 3 aromatic carbocycles. The van der Waals surface area contributed by atoms with Gasteiger partial charge in [0, 0.05) is 31.8 Å². The number of nitro benzene ring substituents is 1. The molecule has 1 saturated heterocycles. The van der Waals surface area contributed by atoms with Crippen LogP contribution in [0.2, 0.25) is 0 Å². The number of aromatic nitrogens is 4. The molecule has 0 atom stereocenters. The molecule has 0 radical (unpaired) electrons. The molecule has 0 saturated carbocycles. The Hall–Kier alpha value is -5.89. The number of carbonyl (C=O) groups excluding carboxylic acids is 1. The van der Waals surface area contributed by atoms with E-state index in [0.29, 0.717) is 22.8 Å². The lowest BCUT2D eigenvalue weighted by atomic mass is 10.1. The molecule has 1 amide bonds. The van der Waals surface area contributed by atoms with Gasteiger partial charge >= 0.3 is 0 Å². The zero-order valence-electron chi connectivity index (χ0n) is 25.1. The molecule has 0 spiro atoms. The highest BCUT2D eigenvalue weighted by atomic mass is 32.2. The van der Waals surface area contributed by atoms with Crippen LogP contribution in [0.15, 0.2) is 98.3 Å². The van der Waals surface area contributed by atoms with Crippen molar-refractivity contribution in [3.63, 3.8) is 0 Å². The summed E-state index contributed by atoms with van der Waals surface area (Å²) in [6.07, 6.45) is 1.30. The minimum atomic E-state index is -0.655. The van der Waals surface area contributed by atoms with Gasteiger partial charge in [-0.3, -0.25) is 33.9 Å². The molecule has 232 valence electrons. The Morgan fingerprint density at radius 3 is 1.98 bits per heavy atom. The van der Waals surface area contributed by atoms with Crippen LogP contribution in [0.4, 0.5) is 17.1 Å². The van der Waals surface area contributed by atoms with Gasteiger partial charge in [-0.2, -0.15) is 0 Å². The summed E-state index contributed by atoms with van der Waals surface area (Å²) < 4.78 is 6.14. The second-order valence-electron chi connectivity index (χ2n) is 10.5. The third-order valence-electron chi connectivity index (χ3n) is 7.79. The average Bonchev–Trinajstić information content (AvgIpc) is 3.54. The molecular formula is C32H27N7O6S. The predicted molar refractivity (Wildman–Crippen MR) is 176 cm³/mol. The number of benzene rings is 3. The highest BCUT2D eigenvalue weighted by Gasteiger charge is 2.39. The highest BCUT2D eigenvalue weighted by Crippen LogP contribution is 2.39. The van der Waals surface area contributed by atoms with Crippen LogP contribution in [-0.4, -0.2) is 39.8 Å². The molecule has 6 rings (SSSR count). The molecule has 3 heterocycles. The van der Waals surface area contributed by atoms with Crippen LogP contribution in [0.3, 0.4) is 0 Å². The molecule has 1 aliphatic heterocycles. The fraction of sp³-hybridized carbons (Fsp3) is 0.125. The number of non-ortho nitro benzene ring substituents is 1. The summed E-state index contributed by atoms with van der Waals surface area (Å²) in [6.45, 7) is 3.41. The third-order valence-corrected chi connectivity index (χ3v) is 8.76. The molecule has 1 N–H and O–H groups in total. The maximum Gasteiger partial charge on any atom is 0.297 e. The van der Waals surface area contributed by atoms with Crippen LogP contribution in [-0.2, 0) is 18.9 Å². The quantitative estimate of drug-likeness (QED) is 0.161. The van der Waals surface area contributed by atoms with Gasteiger partial charge in [0.05, 0.1) is 32.6 Å². The lowest BCUT2D eigenvalue weighted by molar-refractivity contribution is -0.384. The van der Waals surface area contributed by atoms with E-state index < -0.39 is 21.9 Å². The van der Waals surface area contributed by atoms with Crippen molar-refractivity contribution in [2.45, 2.75) is 13.8 Å². The first-order chi connectivity index (χ1) is 22.0. The van der Waals surface area contributed by atoms with Crippen molar-refractivity contribution in [3.05, 3.63) is 132 Å². The second kappa shape index (κ2) is 11.6. The van der Waals surface area contributed by atoms with E-state index >= 15 is 0 Å². The number of aromatic hydroxyl groups is 1. The van der Waals surface area contributed by atoms with Gasteiger partial charge in [-0.15, -0.1) is 0 Å². The molecular weight excluding hydrogens is 610 g/mol. The van der Waals surface area contributed by atoms with Crippen molar-refractivity contribution in [1.29, 1.82) is 0 Å². The number of para-hydroxylation sites is 2. The number of carbonyl (C=O) groups is 1. The summed E-state index contributed by atoms with van der Waals surface area (Å²) >= 11 is 0.883. The Labute approximate surface area is 265 Å². The lowest BCUT2D eigenvalue weighted by Crippen LogP contribution is -2.34. The third kappa shape index (κ3) is 4.94. The Morgan fingerprint density at radius 2 is 1.39 bits per heavy atom. The number of thioether (sulfide) groups is 1. The van der Waals surface area contributed by atoms with Crippen molar-refractivity contribution in [2.24, 2.45) is 19.1 Å². The Morgan fingerprint density at radius 1 is 0.826 bits per heavy atom. The molecule has 1 aliphatic rings. The van der Waals surface area contributed by atoms with E-state index in [4.69, 9.17) is 0 Å². The van der Waals surface area contributed by atoms with Gasteiger partial charge in [0.25, 0.3) is 22.7 Å². The van der Waals surface area contributed by atoms with Gasteiger partial charge in [0.15, 0.2) is 10.9 Å². The lowest BCUT2D eigenvalue weighted by Gasteiger charge is -2.13. The Balaban J connectivity index is 1.57. The summed E-state index contributed by atoms with van der Waals surface area (Å²) in [5.74, 6) is -0.937. The molecule has 2 aromatic heterocycles. The molecule has 5 aromatic rings. The smallest absolute Gasteiger partial charge is 0.297 e. The van der Waals surface area contributed by atoms with Gasteiger partial charge in [0.2, 0.25) is 0 Å².